The molecule has 0 amide bonds. The van der Waals surface area contributed by atoms with Gasteiger partial charge in [0.1, 0.15) is 23.0 Å². The molecule has 186 valence electrons. The molecular weight excluding hydrogens is 428 g/mol. The lowest BCUT2D eigenvalue weighted by Crippen LogP contribution is -2.19. The van der Waals surface area contributed by atoms with Gasteiger partial charge in [-0.15, -0.1) is 0 Å². The topological polar surface area (TPSA) is 65.0 Å². The number of carbonyl (C=O) groups is 1. The zero-order chi connectivity index (χ0) is 25.8. The van der Waals surface area contributed by atoms with Crippen molar-refractivity contribution >= 4 is 5.97 Å². The zero-order valence-electron chi connectivity index (χ0n) is 22.2. The van der Waals surface area contributed by atoms with Crippen LogP contribution in [0.5, 0.6) is 23.0 Å². The highest BCUT2D eigenvalue weighted by Crippen LogP contribution is 2.48. The lowest BCUT2D eigenvalue weighted by atomic mass is 9.78. The van der Waals surface area contributed by atoms with Crippen LogP contribution < -0.4 is 14.2 Å². The van der Waals surface area contributed by atoms with Gasteiger partial charge in [-0.2, -0.15) is 0 Å². The second kappa shape index (κ2) is 10.5. The number of hydrogen-bond donors (Lipinski definition) is 1. The van der Waals surface area contributed by atoms with E-state index in [9.17, 15) is 9.90 Å². The quantitative estimate of drug-likeness (QED) is 0.256. The zero-order valence-corrected chi connectivity index (χ0v) is 22.2. The van der Waals surface area contributed by atoms with Crippen LogP contribution in [0.25, 0.3) is 0 Å². The SMILES string of the molecule is C=CC(=O)Oc1c(C(CCC)c2cc(OC)cc(C(C)(C)C)c2O)cc(OC)cc1C(C)(C)C. The largest absolute Gasteiger partial charge is 0.507 e. The van der Waals surface area contributed by atoms with Crippen molar-refractivity contribution in [1.82, 2.24) is 0 Å². The minimum Gasteiger partial charge on any atom is -0.507 e. The van der Waals surface area contributed by atoms with Crippen molar-refractivity contribution in [3.05, 3.63) is 59.2 Å². The van der Waals surface area contributed by atoms with Gasteiger partial charge in [-0.3, -0.25) is 0 Å². The molecule has 5 heteroatoms. The number of carbonyl (C=O) groups excluding carboxylic acids is 1. The van der Waals surface area contributed by atoms with E-state index < -0.39 is 5.97 Å². The molecule has 0 spiro atoms. The molecule has 0 aliphatic carbocycles. The fourth-order valence-electron chi connectivity index (χ4n) is 4.17. The molecule has 1 atom stereocenters. The highest BCUT2D eigenvalue weighted by Gasteiger charge is 2.31. The van der Waals surface area contributed by atoms with Gasteiger partial charge in [-0.1, -0.05) is 61.5 Å². The Labute approximate surface area is 204 Å². The van der Waals surface area contributed by atoms with Gasteiger partial charge >= 0.3 is 5.97 Å². The average molecular weight is 469 g/mol. The summed E-state index contributed by atoms with van der Waals surface area (Å²) in [7, 11) is 3.24. The van der Waals surface area contributed by atoms with Crippen molar-refractivity contribution in [2.75, 3.05) is 14.2 Å². The predicted molar refractivity (Wildman–Crippen MR) is 138 cm³/mol. The summed E-state index contributed by atoms with van der Waals surface area (Å²) in [4.78, 5) is 12.4. The first kappa shape index (κ1) is 27.3. The summed E-state index contributed by atoms with van der Waals surface area (Å²) in [5, 5.41) is 11.5. The molecule has 1 unspecified atom stereocenters. The molecule has 0 bridgehead atoms. The van der Waals surface area contributed by atoms with Crippen molar-refractivity contribution < 1.29 is 24.1 Å². The second-order valence-electron chi connectivity index (χ2n) is 10.7. The smallest absolute Gasteiger partial charge is 0.335 e. The Morgan fingerprint density at radius 1 is 0.941 bits per heavy atom. The highest BCUT2D eigenvalue weighted by molar-refractivity contribution is 5.84. The van der Waals surface area contributed by atoms with E-state index in [4.69, 9.17) is 14.2 Å². The predicted octanol–water partition coefficient (Wildman–Crippen LogP) is 7.03. The van der Waals surface area contributed by atoms with Gasteiger partial charge in [0.05, 0.1) is 14.2 Å². The molecule has 2 rings (SSSR count). The summed E-state index contributed by atoms with van der Waals surface area (Å²) in [5.41, 5.74) is 2.53. The first-order chi connectivity index (χ1) is 15.8. The van der Waals surface area contributed by atoms with Gasteiger partial charge in [0, 0.05) is 34.2 Å². The van der Waals surface area contributed by atoms with E-state index in [0.29, 0.717) is 17.2 Å². The van der Waals surface area contributed by atoms with Gasteiger partial charge in [-0.05, 0) is 41.5 Å². The minimum atomic E-state index is -0.530. The lowest BCUT2D eigenvalue weighted by Gasteiger charge is -2.30. The summed E-state index contributed by atoms with van der Waals surface area (Å²) in [6, 6.07) is 7.56. The summed E-state index contributed by atoms with van der Waals surface area (Å²) in [6.07, 6.45) is 2.73. The summed E-state index contributed by atoms with van der Waals surface area (Å²) >= 11 is 0. The molecule has 0 aromatic heterocycles. The third-order valence-electron chi connectivity index (χ3n) is 5.99. The van der Waals surface area contributed by atoms with Crippen molar-refractivity contribution in [3.63, 3.8) is 0 Å². The number of benzene rings is 2. The molecule has 0 heterocycles. The minimum absolute atomic E-state index is 0.230. The fraction of sp³-hybridized carbons (Fsp3) is 0.483. The van der Waals surface area contributed by atoms with Crippen molar-refractivity contribution in [2.45, 2.75) is 78.1 Å². The Morgan fingerprint density at radius 3 is 1.88 bits per heavy atom. The first-order valence-corrected chi connectivity index (χ1v) is 11.8. The molecule has 0 aliphatic heterocycles. The van der Waals surface area contributed by atoms with E-state index in [-0.39, 0.29) is 22.5 Å². The molecule has 2 aromatic rings. The van der Waals surface area contributed by atoms with E-state index in [0.717, 1.165) is 41.2 Å². The van der Waals surface area contributed by atoms with Crippen LogP contribution in [0.2, 0.25) is 0 Å². The summed E-state index contributed by atoms with van der Waals surface area (Å²) in [6.45, 7) is 18.0. The number of phenolic OH excluding ortho intramolecular Hbond substituents is 1. The van der Waals surface area contributed by atoms with Gasteiger partial charge in [0.15, 0.2) is 0 Å². The number of hydrogen-bond acceptors (Lipinski definition) is 5. The van der Waals surface area contributed by atoms with Crippen LogP contribution in [-0.2, 0) is 15.6 Å². The molecule has 2 aromatic carbocycles. The van der Waals surface area contributed by atoms with E-state index in [2.05, 4.69) is 55.0 Å². The van der Waals surface area contributed by atoms with E-state index in [1.807, 2.05) is 24.3 Å². The van der Waals surface area contributed by atoms with Crippen LogP contribution in [0.4, 0.5) is 0 Å². The van der Waals surface area contributed by atoms with Crippen LogP contribution in [0.15, 0.2) is 36.9 Å². The molecule has 0 saturated carbocycles. The van der Waals surface area contributed by atoms with Gasteiger partial charge in [0.2, 0.25) is 0 Å². The van der Waals surface area contributed by atoms with Crippen LogP contribution in [0, 0.1) is 0 Å². The number of phenols is 1. The number of ether oxygens (including phenoxy) is 3. The molecule has 0 saturated heterocycles. The fourth-order valence-corrected chi connectivity index (χ4v) is 4.17. The first-order valence-electron chi connectivity index (χ1n) is 11.8. The van der Waals surface area contributed by atoms with E-state index in [1.54, 1.807) is 14.2 Å². The molecular formula is C29H40O5. The maximum Gasteiger partial charge on any atom is 0.335 e. The van der Waals surface area contributed by atoms with Crippen molar-refractivity contribution in [1.29, 1.82) is 0 Å². The third-order valence-corrected chi connectivity index (χ3v) is 5.99. The lowest BCUT2D eigenvalue weighted by molar-refractivity contribution is -0.129. The molecule has 34 heavy (non-hydrogen) atoms. The standard InChI is InChI=1S/C29H40O5/c1-11-13-20(21-14-18(32-9)16-23(26(21)31)28(3,4)5)22-15-19(33-10)17-24(29(6,7)8)27(22)34-25(30)12-2/h12,14-17,20,31H,2,11,13H2,1,3-10H3. The van der Waals surface area contributed by atoms with Gasteiger partial charge in [0.25, 0.3) is 0 Å². The Kier molecular flexibility index (Phi) is 8.46. The van der Waals surface area contributed by atoms with Gasteiger partial charge in [-0.25, -0.2) is 4.79 Å². The number of rotatable bonds is 8. The average Bonchev–Trinajstić information content (AvgIpc) is 2.76. The number of aromatic hydroxyl groups is 1. The van der Waals surface area contributed by atoms with E-state index in [1.165, 1.54) is 0 Å². The number of esters is 1. The highest BCUT2D eigenvalue weighted by atomic mass is 16.5. The number of methoxy groups -OCH3 is 2. The van der Waals surface area contributed by atoms with Crippen LogP contribution in [-0.4, -0.2) is 25.3 Å². The Balaban J connectivity index is 2.97. The normalized spacial score (nSPS) is 12.7. The van der Waals surface area contributed by atoms with Crippen LogP contribution in [0.1, 0.15) is 89.5 Å². The van der Waals surface area contributed by atoms with Crippen molar-refractivity contribution in [2.24, 2.45) is 0 Å². The molecule has 0 radical (unpaired) electrons. The molecule has 0 aliphatic rings. The van der Waals surface area contributed by atoms with E-state index >= 15 is 0 Å². The monoisotopic (exact) mass is 468 g/mol. The van der Waals surface area contributed by atoms with Crippen LogP contribution in [0.3, 0.4) is 0 Å². The maximum atomic E-state index is 12.4. The Hall–Kier alpha value is -2.95. The molecule has 1 N–H and O–H groups in total. The Bertz CT molecular complexity index is 1040. The Morgan fingerprint density at radius 2 is 1.44 bits per heavy atom. The maximum absolute atomic E-state index is 12.4. The van der Waals surface area contributed by atoms with Gasteiger partial charge < -0.3 is 19.3 Å². The molecule has 5 nitrogen and oxygen atoms in total. The third kappa shape index (κ3) is 5.94. The molecule has 0 fully saturated rings. The summed E-state index contributed by atoms with van der Waals surface area (Å²) < 4.78 is 17.1. The van der Waals surface area contributed by atoms with Crippen LogP contribution >= 0.6 is 0 Å². The second-order valence-corrected chi connectivity index (χ2v) is 10.7. The summed E-state index contributed by atoms with van der Waals surface area (Å²) in [5.74, 6) is 1.26. The van der Waals surface area contributed by atoms with Crippen molar-refractivity contribution in [3.8, 4) is 23.0 Å².